The van der Waals surface area contributed by atoms with E-state index in [0.29, 0.717) is 11.4 Å². The maximum Gasteiger partial charge on any atom is 0.269 e. The zero-order valence-corrected chi connectivity index (χ0v) is 11.4. The number of anilines is 1. The number of benzene rings is 2. The van der Waals surface area contributed by atoms with E-state index in [1.807, 2.05) is 18.2 Å². The summed E-state index contributed by atoms with van der Waals surface area (Å²) in [6.45, 7) is 1.63. The number of nitrogens with zero attached hydrogens (tertiary/aromatic N) is 1. The van der Waals surface area contributed by atoms with Crippen LogP contribution in [-0.2, 0) is 4.79 Å². The fraction of sp³-hybridized carbons (Fsp3) is 0.133. The Bertz CT molecular complexity index is 626. The molecular formula is C15H14N2O4. The molecule has 6 nitrogen and oxygen atoms in total. The smallest absolute Gasteiger partial charge is 0.269 e. The Morgan fingerprint density at radius 2 is 1.76 bits per heavy atom. The lowest BCUT2D eigenvalue weighted by Crippen LogP contribution is -2.30. The van der Waals surface area contributed by atoms with Crippen molar-refractivity contribution < 1.29 is 14.5 Å². The highest BCUT2D eigenvalue weighted by molar-refractivity contribution is 5.94. The summed E-state index contributed by atoms with van der Waals surface area (Å²) in [5, 5.41) is 13.2. The number of nitrogens with one attached hydrogen (secondary N) is 1. The Kier molecular flexibility index (Phi) is 4.50. The highest BCUT2D eigenvalue weighted by atomic mass is 16.6. The second-order valence-corrected chi connectivity index (χ2v) is 4.37. The third-order valence-corrected chi connectivity index (χ3v) is 2.77. The summed E-state index contributed by atoms with van der Waals surface area (Å²) in [5.41, 5.74) is 0.454. The van der Waals surface area contributed by atoms with Crippen molar-refractivity contribution >= 4 is 17.3 Å². The van der Waals surface area contributed by atoms with E-state index in [4.69, 9.17) is 4.74 Å². The molecule has 2 aromatic rings. The number of nitro groups is 1. The van der Waals surface area contributed by atoms with Crippen LogP contribution in [0, 0.1) is 10.1 Å². The average molecular weight is 286 g/mol. The van der Waals surface area contributed by atoms with E-state index in [9.17, 15) is 14.9 Å². The Morgan fingerprint density at radius 3 is 2.33 bits per heavy atom. The van der Waals surface area contributed by atoms with Gasteiger partial charge in [0.05, 0.1) is 4.92 Å². The maximum atomic E-state index is 12.0. The summed E-state index contributed by atoms with van der Waals surface area (Å²) >= 11 is 0. The van der Waals surface area contributed by atoms with E-state index in [0.717, 1.165) is 0 Å². The molecule has 2 rings (SSSR count). The average Bonchev–Trinajstić information content (AvgIpc) is 2.48. The molecule has 1 amide bonds. The number of rotatable bonds is 5. The van der Waals surface area contributed by atoms with Gasteiger partial charge in [-0.2, -0.15) is 0 Å². The largest absolute Gasteiger partial charge is 0.481 e. The number of hydrogen-bond acceptors (Lipinski definition) is 4. The second kappa shape index (κ2) is 6.51. The van der Waals surface area contributed by atoms with Gasteiger partial charge in [-0.1, -0.05) is 18.2 Å². The predicted molar refractivity (Wildman–Crippen MR) is 78.3 cm³/mol. The molecule has 1 atom stereocenters. The fourth-order valence-electron chi connectivity index (χ4n) is 1.67. The first kappa shape index (κ1) is 14.5. The SMILES string of the molecule is C[C@@H](Oc1ccccc1)C(=O)Nc1ccc([N+](=O)[O-])cc1. The van der Waals surface area contributed by atoms with Crippen LogP contribution in [0.4, 0.5) is 11.4 Å². The van der Waals surface area contributed by atoms with Crippen molar-refractivity contribution in [1.82, 2.24) is 0 Å². The lowest BCUT2D eigenvalue weighted by atomic mass is 10.2. The number of carbonyl (C=O) groups excluding carboxylic acids is 1. The number of carbonyl (C=O) groups is 1. The summed E-state index contributed by atoms with van der Waals surface area (Å²) in [6.07, 6.45) is -0.678. The van der Waals surface area contributed by atoms with Crippen molar-refractivity contribution in [2.24, 2.45) is 0 Å². The molecule has 1 N–H and O–H groups in total. The summed E-state index contributed by atoms with van der Waals surface area (Å²) in [5.74, 6) is 0.275. The number of ether oxygens (including phenoxy) is 1. The van der Waals surface area contributed by atoms with Gasteiger partial charge in [0, 0.05) is 17.8 Å². The minimum absolute atomic E-state index is 0.0263. The molecule has 21 heavy (non-hydrogen) atoms. The summed E-state index contributed by atoms with van der Waals surface area (Å²) in [7, 11) is 0. The molecule has 0 aliphatic carbocycles. The first-order valence-corrected chi connectivity index (χ1v) is 6.33. The molecule has 0 saturated heterocycles. The van der Waals surface area contributed by atoms with E-state index in [1.54, 1.807) is 19.1 Å². The summed E-state index contributed by atoms with van der Waals surface area (Å²) in [6, 6.07) is 14.6. The second-order valence-electron chi connectivity index (χ2n) is 4.37. The van der Waals surface area contributed by atoms with E-state index >= 15 is 0 Å². The van der Waals surface area contributed by atoms with Crippen molar-refractivity contribution in [2.45, 2.75) is 13.0 Å². The van der Waals surface area contributed by atoms with Gasteiger partial charge >= 0.3 is 0 Å². The fourth-order valence-corrected chi connectivity index (χ4v) is 1.67. The van der Waals surface area contributed by atoms with Gasteiger partial charge in [-0.25, -0.2) is 0 Å². The molecule has 0 unspecified atom stereocenters. The standard InChI is InChI=1S/C15H14N2O4/c1-11(21-14-5-3-2-4-6-14)15(18)16-12-7-9-13(10-8-12)17(19)20/h2-11H,1H3,(H,16,18)/t11-/m1/s1. The minimum Gasteiger partial charge on any atom is -0.481 e. The van der Waals surface area contributed by atoms with Gasteiger partial charge in [0.1, 0.15) is 5.75 Å². The molecule has 0 heterocycles. The van der Waals surface area contributed by atoms with Gasteiger partial charge < -0.3 is 10.1 Å². The van der Waals surface area contributed by atoms with Crippen molar-refractivity contribution in [1.29, 1.82) is 0 Å². The molecule has 0 spiro atoms. The van der Waals surface area contributed by atoms with Crippen LogP contribution in [0.3, 0.4) is 0 Å². The molecule has 0 bridgehead atoms. The van der Waals surface area contributed by atoms with Gasteiger partial charge in [-0.05, 0) is 31.2 Å². The van der Waals surface area contributed by atoms with Crippen LogP contribution in [-0.4, -0.2) is 16.9 Å². The molecule has 0 radical (unpaired) electrons. The van der Waals surface area contributed by atoms with Gasteiger partial charge in [0.2, 0.25) is 0 Å². The molecule has 0 aliphatic heterocycles. The van der Waals surface area contributed by atoms with E-state index in [1.165, 1.54) is 24.3 Å². The van der Waals surface area contributed by atoms with Crippen molar-refractivity contribution in [3.05, 3.63) is 64.7 Å². The van der Waals surface area contributed by atoms with Crippen LogP contribution in [0.15, 0.2) is 54.6 Å². The molecule has 0 aliphatic rings. The van der Waals surface area contributed by atoms with E-state index < -0.39 is 11.0 Å². The topological polar surface area (TPSA) is 81.5 Å². The third-order valence-electron chi connectivity index (χ3n) is 2.77. The number of hydrogen-bond donors (Lipinski definition) is 1. The Balaban J connectivity index is 1.95. The van der Waals surface area contributed by atoms with Crippen molar-refractivity contribution in [3.63, 3.8) is 0 Å². The summed E-state index contributed by atoms with van der Waals surface area (Å²) in [4.78, 5) is 22.0. The summed E-state index contributed by atoms with van der Waals surface area (Å²) < 4.78 is 5.49. The monoisotopic (exact) mass is 286 g/mol. The lowest BCUT2D eigenvalue weighted by molar-refractivity contribution is -0.384. The van der Waals surface area contributed by atoms with Crippen LogP contribution in [0.1, 0.15) is 6.92 Å². The first-order chi connectivity index (χ1) is 10.1. The quantitative estimate of drug-likeness (QED) is 0.676. The molecule has 0 aromatic heterocycles. The molecule has 0 fully saturated rings. The highest BCUT2D eigenvalue weighted by Crippen LogP contribution is 2.16. The van der Waals surface area contributed by atoms with Crippen LogP contribution in [0.5, 0.6) is 5.75 Å². The Labute approximate surface area is 121 Å². The molecule has 108 valence electrons. The van der Waals surface area contributed by atoms with Crippen molar-refractivity contribution in [2.75, 3.05) is 5.32 Å². The predicted octanol–water partition coefficient (Wildman–Crippen LogP) is 3.00. The molecular weight excluding hydrogens is 272 g/mol. The zero-order valence-electron chi connectivity index (χ0n) is 11.4. The first-order valence-electron chi connectivity index (χ1n) is 6.33. The number of nitro benzene ring substituents is 1. The Morgan fingerprint density at radius 1 is 1.14 bits per heavy atom. The highest BCUT2D eigenvalue weighted by Gasteiger charge is 2.15. The third kappa shape index (κ3) is 4.04. The Hall–Kier alpha value is -2.89. The van der Waals surface area contributed by atoms with E-state index in [2.05, 4.69) is 5.32 Å². The van der Waals surface area contributed by atoms with Gasteiger partial charge in [0.25, 0.3) is 11.6 Å². The van der Waals surface area contributed by atoms with Gasteiger partial charge in [0.15, 0.2) is 6.10 Å². The number of para-hydroxylation sites is 1. The van der Waals surface area contributed by atoms with Crippen LogP contribution < -0.4 is 10.1 Å². The zero-order chi connectivity index (χ0) is 15.2. The normalized spacial score (nSPS) is 11.5. The van der Waals surface area contributed by atoms with Crippen molar-refractivity contribution in [3.8, 4) is 5.75 Å². The number of amides is 1. The molecule has 0 saturated carbocycles. The maximum absolute atomic E-state index is 12.0. The van der Waals surface area contributed by atoms with Gasteiger partial charge in [-0.3, -0.25) is 14.9 Å². The van der Waals surface area contributed by atoms with Crippen LogP contribution in [0.2, 0.25) is 0 Å². The van der Waals surface area contributed by atoms with Gasteiger partial charge in [-0.15, -0.1) is 0 Å². The molecule has 6 heteroatoms. The minimum atomic E-state index is -0.678. The number of non-ortho nitro benzene ring substituents is 1. The van der Waals surface area contributed by atoms with E-state index in [-0.39, 0.29) is 11.6 Å². The lowest BCUT2D eigenvalue weighted by Gasteiger charge is -2.14. The molecule has 2 aromatic carbocycles. The van der Waals surface area contributed by atoms with Crippen LogP contribution >= 0.6 is 0 Å². The van der Waals surface area contributed by atoms with Crippen LogP contribution in [0.25, 0.3) is 0 Å².